The Morgan fingerprint density at radius 1 is 1.25 bits per heavy atom. The molecule has 0 aromatic carbocycles. The maximum absolute atomic E-state index is 12.1. The first-order valence-corrected chi connectivity index (χ1v) is 5.19. The maximum atomic E-state index is 12.1. The van der Waals surface area contributed by atoms with Crippen molar-refractivity contribution in [1.29, 1.82) is 0 Å². The Labute approximate surface area is 91.0 Å². The van der Waals surface area contributed by atoms with Gasteiger partial charge in [0.25, 0.3) is 0 Å². The van der Waals surface area contributed by atoms with Gasteiger partial charge in [0.05, 0.1) is 18.8 Å². The van der Waals surface area contributed by atoms with E-state index in [1.807, 2.05) is 0 Å². The summed E-state index contributed by atoms with van der Waals surface area (Å²) in [5, 5.41) is 7.56. The molecule has 0 saturated carbocycles. The van der Waals surface area contributed by atoms with E-state index in [0.717, 1.165) is 0 Å². The van der Waals surface area contributed by atoms with Gasteiger partial charge in [-0.3, -0.25) is 4.90 Å². The van der Waals surface area contributed by atoms with Crippen LogP contribution in [0.5, 0.6) is 0 Å². The summed E-state index contributed by atoms with van der Waals surface area (Å²) in [7, 11) is 0. The van der Waals surface area contributed by atoms with Gasteiger partial charge in [-0.1, -0.05) is 5.21 Å². The summed E-state index contributed by atoms with van der Waals surface area (Å²) in [5.41, 5.74) is 0. The number of nitrogens with zero attached hydrogens (tertiary/aromatic N) is 4. The summed E-state index contributed by atoms with van der Waals surface area (Å²) in [4.78, 5) is 1.44. The first-order valence-electron chi connectivity index (χ1n) is 5.19. The zero-order valence-electron chi connectivity index (χ0n) is 8.69. The summed E-state index contributed by atoms with van der Waals surface area (Å²) in [6, 6.07) is 0.187. The smallest absolute Gasteiger partial charge is 0.295 e. The van der Waals surface area contributed by atoms with Gasteiger partial charge in [-0.05, 0) is 12.8 Å². The summed E-state index contributed by atoms with van der Waals surface area (Å²) in [6.45, 7) is 0.116. The first-order chi connectivity index (χ1) is 7.54. The molecule has 0 unspecified atom stereocenters. The number of likely N-dealkylation sites (tertiary alicyclic amines) is 1. The van der Waals surface area contributed by atoms with Gasteiger partial charge in [0.2, 0.25) is 0 Å². The van der Waals surface area contributed by atoms with E-state index in [2.05, 4.69) is 10.3 Å². The first kappa shape index (κ1) is 11.4. The van der Waals surface area contributed by atoms with Crippen LogP contribution in [-0.4, -0.2) is 45.7 Å². The molecule has 0 N–H and O–H groups in total. The molecular formula is C9H13F3N4. The van der Waals surface area contributed by atoms with Crippen molar-refractivity contribution in [3.8, 4) is 0 Å². The minimum atomic E-state index is -4.10. The minimum Gasteiger partial charge on any atom is -0.295 e. The number of rotatable bonds is 2. The predicted octanol–water partition coefficient (Wildman–Crippen LogP) is 1.48. The highest BCUT2D eigenvalue weighted by molar-refractivity contribution is 4.79. The second-order valence-corrected chi connectivity index (χ2v) is 4.01. The molecule has 0 aliphatic carbocycles. The highest BCUT2D eigenvalue weighted by atomic mass is 19.4. The van der Waals surface area contributed by atoms with Crippen LogP contribution < -0.4 is 0 Å². The number of aromatic nitrogens is 3. The quantitative estimate of drug-likeness (QED) is 0.777. The van der Waals surface area contributed by atoms with E-state index in [0.29, 0.717) is 25.9 Å². The second-order valence-electron chi connectivity index (χ2n) is 4.01. The van der Waals surface area contributed by atoms with Gasteiger partial charge >= 0.3 is 6.18 Å². The lowest BCUT2D eigenvalue weighted by Gasteiger charge is -2.32. The molecular weight excluding hydrogens is 221 g/mol. The van der Waals surface area contributed by atoms with Crippen LogP contribution in [0.2, 0.25) is 0 Å². The topological polar surface area (TPSA) is 34.0 Å². The summed E-state index contributed by atoms with van der Waals surface area (Å²) >= 11 is 0. The van der Waals surface area contributed by atoms with Crippen LogP contribution in [0.4, 0.5) is 13.2 Å². The molecule has 1 aliphatic heterocycles. The summed E-state index contributed by atoms with van der Waals surface area (Å²) in [6.07, 6.45) is 0.630. The second kappa shape index (κ2) is 4.40. The van der Waals surface area contributed by atoms with Crippen molar-refractivity contribution in [2.45, 2.75) is 25.1 Å². The fourth-order valence-electron chi connectivity index (χ4n) is 2.01. The maximum Gasteiger partial charge on any atom is 0.401 e. The van der Waals surface area contributed by atoms with Crippen molar-refractivity contribution in [2.24, 2.45) is 0 Å². The number of hydrogen-bond donors (Lipinski definition) is 0. The Kier molecular flexibility index (Phi) is 3.13. The van der Waals surface area contributed by atoms with Crippen molar-refractivity contribution < 1.29 is 13.2 Å². The monoisotopic (exact) mass is 234 g/mol. The molecule has 1 saturated heterocycles. The van der Waals surface area contributed by atoms with Crippen LogP contribution >= 0.6 is 0 Å². The van der Waals surface area contributed by atoms with E-state index < -0.39 is 12.7 Å². The third-order valence-corrected chi connectivity index (χ3v) is 2.78. The molecule has 16 heavy (non-hydrogen) atoms. The van der Waals surface area contributed by atoms with Gasteiger partial charge in [-0.15, -0.1) is 5.10 Å². The van der Waals surface area contributed by atoms with E-state index >= 15 is 0 Å². The van der Waals surface area contributed by atoms with Crippen LogP contribution in [0.3, 0.4) is 0 Å². The lowest BCUT2D eigenvalue weighted by atomic mass is 10.1. The Balaban J connectivity index is 1.83. The van der Waals surface area contributed by atoms with Gasteiger partial charge in [0, 0.05) is 19.3 Å². The van der Waals surface area contributed by atoms with Gasteiger partial charge in [-0.25, -0.2) is 4.68 Å². The molecule has 2 heterocycles. The van der Waals surface area contributed by atoms with Crippen LogP contribution in [0.1, 0.15) is 18.9 Å². The summed E-state index contributed by atoms with van der Waals surface area (Å²) < 4.78 is 38.2. The molecule has 1 fully saturated rings. The largest absolute Gasteiger partial charge is 0.401 e. The van der Waals surface area contributed by atoms with Gasteiger partial charge < -0.3 is 0 Å². The molecule has 0 spiro atoms. The fraction of sp³-hybridized carbons (Fsp3) is 0.778. The van der Waals surface area contributed by atoms with E-state index in [9.17, 15) is 13.2 Å². The number of piperidine rings is 1. The molecule has 2 rings (SSSR count). The number of alkyl halides is 3. The Bertz CT molecular complexity index is 314. The number of halogens is 3. The van der Waals surface area contributed by atoms with Crippen LogP contribution in [0.25, 0.3) is 0 Å². The van der Waals surface area contributed by atoms with E-state index in [1.54, 1.807) is 17.1 Å². The third kappa shape index (κ3) is 2.94. The average molecular weight is 234 g/mol. The molecule has 0 amide bonds. The van der Waals surface area contributed by atoms with Crippen molar-refractivity contribution in [3.05, 3.63) is 12.4 Å². The Morgan fingerprint density at radius 3 is 2.44 bits per heavy atom. The SMILES string of the molecule is FC(F)(F)CN1CCC(n2ccnn2)CC1. The van der Waals surface area contributed by atoms with Gasteiger partial charge in [0.1, 0.15) is 0 Å². The van der Waals surface area contributed by atoms with Crippen LogP contribution in [0, 0.1) is 0 Å². The van der Waals surface area contributed by atoms with E-state index in [-0.39, 0.29) is 6.04 Å². The molecule has 0 bridgehead atoms. The van der Waals surface area contributed by atoms with Crippen molar-refractivity contribution in [1.82, 2.24) is 19.9 Å². The fourth-order valence-corrected chi connectivity index (χ4v) is 2.01. The highest BCUT2D eigenvalue weighted by Crippen LogP contribution is 2.24. The molecule has 1 aliphatic rings. The number of hydrogen-bond acceptors (Lipinski definition) is 3. The molecule has 4 nitrogen and oxygen atoms in total. The molecule has 90 valence electrons. The lowest BCUT2D eigenvalue weighted by Crippen LogP contribution is -2.40. The van der Waals surface area contributed by atoms with Crippen molar-refractivity contribution >= 4 is 0 Å². The highest BCUT2D eigenvalue weighted by Gasteiger charge is 2.32. The Hall–Kier alpha value is -1.11. The van der Waals surface area contributed by atoms with Gasteiger partial charge in [0.15, 0.2) is 0 Å². The van der Waals surface area contributed by atoms with E-state index in [1.165, 1.54) is 4.90 Å². The van der Waals surface area contributed by atoms with Crippen LogP contribution in [-0.2, 0) is 0 Å². The molecule has 0 radical (unpaired) electrons. The Morgan fingerprint density at radius 2 is 1.94 bits per heavy atom. The molecule has 1 aromatic rings. The molecule has 1 aromatic heterocycles. The van der Waals surface area contributed by atoms with Gasteiger partial charge in [-0.2, -0.15) is 13.2 Å². The zero-order valence-corrected chi connectivity index (χ0v) is 8.69. The van der Waals surface area contributed by atoms with Crippen LogP contribution in [0.15, 0.2) is 12.4 Å². The normalized spacial score (nSPS) is 20.2. The van der Waals surface area contributed by atoms with E-state index in [4.69, 9.17) is 0 Å². The zero-order chi connectivity index (χ0) is 11.6. The molecule has 0 atom stereocenters. The average Bonchev–Trinajstić information content (AvgIpc) is 2.69. The standard InChI is InChI=1S/C9H13F3N4/c10-9(11,12)7-15-4-1-8(2-5-15)16-6-3-13-14-16/h3,6,8H,1-2,4-5,7H2. The predicted molar refractivity (Wildman–Crippen MR) is 50.8 cm³/mol. The minimum absolute atomic E-state index is 0.187. The van der Waals surface area contributed by atoms with Crippen molar-refractivity contribution in [2.75, 3.05) is 19.6 Å². The third-order valence-electron chi connectivity index (χ3n) is 2.78. The summed E-state index contributed by atoms with van der Waals surface area (Å²) in [5.74, 6) is 0. The van der Waals surface area contributed by atoms with Crippen molar-refractivity contribution in [3.63, 3.8) is 0 Å². The lowest BCUT2D eigenvalue weighted by molar-refractivity contribution is -0.148. The molecule has 7 heteroatoms.